The minimum atomic E-state index is -0.155. The molecule has 0 spiro atoms. The Morgan fingerprint density at radius 2 is 2.27 bits per heavy atom. The maximum atomic E-state index is 9.14. The highest BCUT2D eigenvalue weighted by Crippen LogP contribution is 2.38. The van der Waals surface area contributed by atoms with Gasteiger partial charge in [-0.3, -0.25) is 0 Å². The van der Waals surface area contributed by atoms with Gasteiger partial charge >= 0.3 is 0 Å². The first-order valence-electron chi connectivity index (χ1n) is 4.78. The van der Waals surface area contributed by atoms with Crippen molar-refractivity contribution in [2.75, 3.05) is 11.9 Å². The van der Waals surface area contributed by atoms with Crippen LogP contribution in [0.1, 0.15) is 18.4 Å². The lowest BCUT2D eigenvalue weighted by atomic mass is 10.2. The Morgan fingerprint density at radius 1 is 1.53 bits per heavy atom. The summed E-state index contributed by atoms with van der Waals surface area (Å²) in [7, 11) is 0. The second-order valence-electron chi connectivity index (χ2n) is 3.87. The van der Waals surface area contributed by atoms with Gasteiger partial charge in [0.05, 0.1) is 22.7 Å². The van der Waals surface area contributed by atoms with Gasteiger partial charge < -0.3 is 10.4 Å². The number of anilines is 1. The molecule has 4 heteroatoms. The molecule has 2 rings (SSSR count). The summed E-state index contributed by atoms with van der Waals surface area (Å²) in [6.45, 7) is 0.130. The molecule has 0 aromatic heterocycles. The van der Waals surface area contributed by atoms with Crippen molar-refractivity contribution < 1.29 is 5.11 Å². The van der Waals surface area contributed by atoms with Crippen LogP contribution in [-0.2, 0) is 0 Å². The first-order valence-corrected chi connectivity index (χ1v) is 5.16. The van der Waals surface area contributed by atoms with Gasteiger partial charge in [-0.25, -0.2) is 0 Å². The molecule has 1 aromatic rings. The number of halogens is 1. The summed E-state index contributed by atoms with van der Waals surface area (Å²) in [5.41, 5.74) is 1.17. The molecule has 0 aliphatic heterocycles. The quantitative estimate of drug-likeness (QED) is 0.824. The van der Waals surface area contributed by atoms with E-state index in [0.29, 0.717) is 10.6 Å². The number of rotatable bonds is 3. The summed E-state index contributed by atoms with van der Waals surface area (Å²) in [5, 5.41) is 21.5. The van der Waals surface area contributed by atoms with E-state index >= 15 is 0 Å². The fourth-order valence-electron chi connectivity index (χ4n) is 1.46. The molecule has 0 radical (unpaired) electrons. The molecule has 1 aliphatic rings. The molecular weight excluding hydrogens is 212 g/mol. The predicted octanol–water partition coefficient (Wildman–Crippen LogP) is 2.15. The average Bonchev–Trinajstić information content (AvgIpc) is 2.99. The van der Waals surface area contributed by atoms with E-state index in [1.165, 1.54) is 0 Å². The van der Waals surface area contributed by atoms with Crippen LogP contribution < -0.4 is 5.32 Å². The van der Waals surface area contributed by atoms with Gasteiger partial charge in [0, 0.05) is 5.69 Å². The third-order valence-corrected chi connectivity index (χ3v) is 2.97. The first-order chi connectivity index (χ1) is 7.19. The number of aliphatic hydroxyl groups is 1. The van der Waals surface area contributed by atoms with Crippen molar-refractivity contribution in [2.24, 2.45) is 0 Å². The average molecular weight is 223 g/mol. The zero-order valence-electron chi connectivity index (χ0n) is 8.13. The summed E-state index contributed by atoms with van der Waals surface area (Å²) in [6.07, 6.45) is 1.95. The van der Waals surface area contributed by atoms with E-state index in [-0.39, 0.29) is 12.1 Å². The van der Waals surface area contributed by atoms with E-state index in [2.05, 4.69) is 5.32 Å². The standard InChI is InChI=1S/C11H11ClN2O/c12-10-5-9(2-1-8(10)6-13)14-11(7-15)3-4-11/h1-2,5,14-15H,3-4,7H2. The Hall–Kier alpha value is -1.24. The van der Waals surface area contributed by atoms with E-state index in [9.17, 15) is 0 Å². The maximum Gasteiger partial charge on any atom is 0.101 e. The lowest BCUT2D eigenvalue weighted by molar-refractivity contribution is 0.266. The monoisotopic (exact) mass is 222 g/mol. The molecule has 0 bridgehead atoms. The Morgan fingerprint density at radius 3 is 2.73 bits per heavy atom. The Bertz CT molecular complexity index is 421. The number of hydrogen-bond donors (Lipinski definition) is 2. The van der Waals surface area contributed by atoms with Gasteiger partial charge in [0.25, 0.3) is 0 Å². The molecule has 0 saturated heterocycles. The van der Waals surface area contributed by atoms with E-state index in [1.54, 1.807) is 18.2 Å². The molecule has 78 valence electrons. The summed E-state index contributed by atoms with van der Waals surface area (Å²) in [6, 6.07) is 7.21. The Kier molecular flexibility index (Phi) is 2.56. The van der Waals surface area contributed by atoms with Gasteiger partial charge in [0.1, 0.15) is 6.07 Å². The number of nitrogens with zero attached hydrogens (tertiary/aromatic N) is 1. The van der Waals surface area contributed by atoms with Gasteiger partial charge in [0.15, 0.2) is 0 Å². The summed E-state index contributed by atoms with van der Waals surface area (Å²) < 4.78 is 0. The van der Waals surface area contributed by atoms with Crippen LogP contribution in [0.15, 0.2) is 18.2 Å². The fourth-order valence-corrected chi connectivity index (χ4v) is 1.69. The topological polar surface area (TPSA) is 56.0 Å². The number of hydrogen-bond acceptors (Lipinski definition) is 3. The first kappa shape index (κ1) is 10.3. The largest absolute Gasteiger partial charge is 0.394 e. The van der Waals surface area contributed by atoms with Gasteiger partial charge in [-0.05, 0) is 31.0 Å². The minimum absolute atomic E-state index is 0.130. The molecule has 0 unspecified atom stereocenters. The number of nitrogens with one attached hydrogen (secondary N) is 1. The molecule has 3 nitrogen and oxygen atoms in total. The van der Waals surface area contributed by atoms with Crippen LogP contribution in [0.25, 0.3) is 0 Å². The molecule has 1 aliphatic carbocycles. The van der Waals surface area contributed by atoms with Crippen molar-refractivity contribution in [3.63, 3.8) is 0 Å². The van der Waals surface area contributed by atoms with Gasteiger partial charge in [-0.2, -0.15) is 5.26 Å². The van der Waals surface area contributed by atoms with Crippen LogP contribution in [-0.4, -0.2) is 17.3 Å². The number of benzene rings is 1. The molecular formula is C11H11ClN2O. The van der Waals surface area contributed by atoms with Crippen molar-refractivity contribution in [3.8, 4) is 6.07 Å². The smallest absolute Gasteiger partial charge is 0.101 e. The molecule has 1 fully saturated rings. The van der Waals surface area contributed by atoms with Crippen molar-refractivity contribution in [1.82, 2.24) is 0 Å². The normalized spacial score (nSPS) is 16.9. The highest BCUT2D eigenvalue weighted by atomic mass is 35.5. The van der Waals surface area contributed by atoms with Crippen molar-refractivity contribution >= 4 is 17.3 Å². The molecule has 0 heterocycles. The highest BCUT2D eigenvalue weighted by Gasteiger charge is 2.41. The van der Waals surface area contributed by atoms with Gasteiger partial charge in [0.2, 0.25) is 0 Å². The van der Waals surface area contributed by atoms with E-state index in [4.69, 9.17) is 22.0 Å². The highest BCUT2D eigenvalue weighted by molar-refractivity contribution is 6.32. The van der Waals surface area contributed by atoms with Crippen LogP contribution in [0.5, 0.6) is 0 Å². The van der Waals surface area contributed by atoms with E-state index in [0.717, 1.165) is 18.5 Å². The van der Waals surface area contributed by atoms with Crippen molar-refractivity contribution in [3.05, 3.63) is 28.8 Å². The number of aliphatic hydroxyl groups excluding tert-OH is 1. The lowest BCUT2D eigenvalue weighted by Gasteiger charge is -2.16. The van der Waals surface area contributed by atoms with Gasteiger partial charge in [-0.1, -0.05) is 11.6 Å². The number of nitriles is 1. The fraction of sp³-hybridized carbons (Fsp3) is 0.364. The van der Waals surface area contributed by atoms with Crippen molar-refractivity contribution in [2.45, 2.75) is 18.4 Å². The predicted molar refractivity (Wildman–Crippen MR) is 58.8 cm³/mol. The van der Waals surface area contributed by atoms with Crippen LogP contribution in [0.4, 0.5) is 5.69 Å². The van der Waals surface area contributed by atoms with Gasteiger partial charge in [-0.15, -0.1) is 0 Å². The van der Waals surface area contributed by atoms with E-state index in [1.807, 2.05) is 6.07 Å². The minimum Gasteiger partial charge on any atom is -0.394 e. The Balaban J connectivity index is 2.17. The third kappa shape index (κ3) is 2.06. The van der Waals surface area contributed by atoms with Crippen LogP contribution >= 0.6 is 11.6 Å². The van der Waals surface area contributed by atoms with Crippen LogP contribution in [0.3, 0.4) is 0 Å². The molecule has 0 amide bonds. The van der Waals surface area contributed by atoms with Crippen LogP contribution in [0.2, 0.25) is 5.02 Å². The molecule has 0 atom stereocenters. The zero-order valence-corrected chi connectivity index (χ0v) is 8.88. The SMILES string of the molecule is N#Cc1ccc(NC2(CO)CC2)cc1Cl. The summed E-state index contributed by atoms with van der Waals surface area (Å²) >= 11 is 5.90. The third-order valence-electron chi connectivity index (χ3n) is 2.66. The molecule has 15 heavy (non-hydrogen) atoms. The maximum absolute atomic E-state index is 9.14. The van der Waals surface area contributed by atoms with E-state index < -0.39 is 0 Å². The summed E-state index contributed by atoms with van der Waals surface area (Å²) in [5.74, 6) is 0. The lowest BCUT2D eigenvalue weighted by Crippen LogP contribution is -2.25. The van der Waals surface area contributed by atoms with Crippen molar-refractivity contribution in [1.29, 1.82) is 5.26 Å². The summed E-state index contributed by atoms with van der Waals surface area (Å²) in [4.78, 5) is 0. The second-order valence-corrected chi connectivity index (χ2v) is 4.28. The molecule has 2 N–H and O–H groups in total. The Labute approximate surface area is 93.3 Å². The second kappa shape index (κ2) is 3.73. The van der Waals surface area contributed by atoms with Crippen LogP contribution in [0, 0.1) is 11.3 Å². The molecule has 1 saturated carbocycles. The zero-order chi connectivity index (χ0) is 10.9. The molecule has 1 aromatic carbocycles.